The molecule has 0 amide bonds. The number of methoxy groups -OCH3 is 3. The van der Waals surface area contributed by atoms with Crippen LogP contribution in [0.1, 0.15) is 21.5 Å². The van der Waals surface area contributed by atoms with Gasteiger partial charge in [0.25, 0.3) is 0 Å². The fourth-order valence-electron chi connectivity index (χ4n) is 2.79. The van der Waals surface area contributed by atoms with Crippen molar-refractivity contribution in [2.75, 3.05) is 34.5 Å². The van der Waals surface area contributed by atoms with E-state index in [0.29, 0.717) is 12.0 Å². The first-order chi connectivity index (χ1) is 15.9. The molecule has 2 aromatic rings. The Bertz CT molecular complexity index is 950. The van der Waals surface area contributed by atoms with E-state index in [0.717, 1.165) is 0 Å². The maximum absolute atomic E-state index is 12.2. The second-order valence-corrected chi connectivity index (χ2v) is 6.40. The SMILES string of the molecule is COc1cc(OC)c(OC(=O)COCC(=O)Oc2c(CO)cc(C=O)cc2CO)c(OC)c1. The van der Waals surface area contributed by atoms with Crippen molar-refractivity contribution in [3.63, 3.8) is 0 Å². The molecule has 2 N–H and O–H groups in total. The first-order valence-corrected chi connectivity index (χ1v) is 9.52. The van der Waals surface area contributed by atoms with Crippen molar-refractivity contribution in [2.24, 2.45) is 0 Å². The normalized spacial score (nSPS) is 10.3. The molecule has 33 heavy (non-hydrogen) atoms. The zero-order valence-electron chi connectivity index (χ0n) is 18.3. The highest BCUT2D eigenvalue weighted by Crippen LogP contribution is 2.41. The van der Waals surface area contributed by atoms with Crippen molar-refractivity contribution in [3.05, 3.63) is 41.0 Å². The highest BCUT2D eigenvalue weighted by Gasteiger charge is 2.20. The average molecular weight is 464 g/mol. The lowest BCUT2D eigenvalue weighted by Crippen LogP contribution is -2.22. The maximum atomic E-state index is 12.2. The van der Waals surface area contributed by atoms with Crippen LogP contribution in [0.15, 0.2) is 24.3 Å². The molecule has 0 aliphatic rings. The molecule has 0 heterocycles. The summed E-state index contributed by atoms with van der Waals surface area (Å²) in [4.78, 5) is 35.3. The van der Waals surface area contributed by atoms with Gasteiger partial charge in [-0.05, 0) is 12.1 Å². The van der Waals surface area contributed by atoms with Gasteiger partial charge in [-0.25, -0.2) is 9.59 Å². The summed E-state index contributed by atoms with van der Waals surface area (Å²) in [5.41, 5.74) is 0.469. The maximum Gasteiger partial charge on any atom is 0.337 e. The van der Waals surface area contributed by atoms with Crippen LogP contribution in [0.25, 0.3) is 0 Å². The monoisotopic (exact) mass is 464 g/mol. The minimum atomic E-state index is -0.898. The molecule has 0 aromatic heterocycles. The molecule has 178 valence electrons. The molecule has 11 heteroatoms. The third-order valence-electron chi connectivity index (χ3n) is 4.28. The van der Waals surface area contributed by atoms with Gasteiger partial charge in [0.15, 0.2) is 11.5 Å². The fraction of sp³-hybridized carbons (Fsp3) is 0.318. The summed E-state index contributed by atoms with van der Waals surface area (Å²) >= 11 is 0. The minimum Gasteiger partial charge on any atom is -0.496 e. The van der Waals surface area contributed by atoms with Gasteiger partial charge >= 0.3 is 11.9 Å². The fourth-order valence-corrected chi connectivity index (χ4v) is 2.79. The van der Waals surface area contributed by atoms with Crippen molar-refractivity contribution in [1.82, 2.24) is 0 Å². The van der Waals surface area contributed by atoms with Crippen molar-refractivity contribution in [1.29, 1.82) is 0 Å². The van der Waals surface area contributed by atoms with Crippen molar-refractivity contribution < 1.29 is 53.0 Å². The Balaban J connectivity index is 2.00. The quantitative estimate of drug-likeness (QED) is 0.264. The van der Waals surface area contributed by atoms with Crippen molar-refractivity contribution >= 4 is 18.2 Å². The van der Waals surface area contributed by atoms with Gasteiger partial charge < -0.3 is 38.6 Å². The molecule has 0 radical (unpaired) electrons. The Morgan fingerprint density at radius 2 is 1.27 bits per heavy atom. The van der Waals surface area contributed by atoms with Gasteiger partial charge in [-0.3, -0.25) is 4.79 Å². The number of hydrogen-bond acceptors (Lipinski definition) is 11. The summed E-state index contributed by atoms with van der Waals surface area (Å²) < 4.78 is 30.9. The lowest BCUT2D eigenvalue weighted by molar-refractivity contribution is -0.145. The molecule has 2 aromatic carbocycles. The van der Waals surface area contributed by atoms with Crippen LogP contribution >= 0.6 is 0 Å². The lowest BCUT2D eigenvalue weighted by Gasteiger charge is -2.15. The highest BCUT2D eigenvalue weighted by atomic mass is 16.6. The average Bonchev–Trinajstić information content (AvgIpc) is 2.83. The number of aliphatic hydroxyl groups is 2. The Morgan fingerprint density at radius 3 is 1.67 bits per heavy atom. The van der Waals surface area contributed by atoms with Crippen LogP contribution in [0.4, 0.5) is 0 Å². The highest BCUT2D eigenvalue weighted by molar-refractivity contribution is 5.79. The predicted molar refractivity (Wildman–Crippen MR) is 112 cm³/mol. The smallest absolute Gasteiger partial charge is 0.337 e. The molecule has 2 rings (SSSR count). The van der Waals surface area contributed by atoms with E-state index in [4.69, 9.17) is 28.4 Å². The Morgan fingerprint density at radius 1 is 0.788 bits per heavy atom. The predicted octanol–water partition coefficient (Wildman–Crippen LogP) is 1.04. The van der Waals surface area contributed by atoms with Gasteiger partial charge in [-0.2, -0.15) is 0 Å². The van der Waals surface area contributed by atoms with Crippen LogP contribution in [-0.2, 0) is 27.5 Å². The van der Waals surface area contributed by atoms with E-state index in [1.165, 1.54) is 45.6 Å². The molecule has 0 fully saturated rings. The molecule has 0 saturated heterocycles. The zero-order chi connectivity index (χ0) is 24.4. The van der Waals surface area contributed by atoms with Crippen LogP contribution in [-0.4, -0.2) is 63.0 Å². The van der Waals surface area contributed by atoms with Crippen molar-refractivity contribution in [2.45, 2.75) is 13.2 Å². The second kappa shape index (κ2) is 12.4. The molecule has 0 spiro atoms. The van der Waals surface area contributed by atoms with Crippen LogP contribution in [0.3, 0.4) is 0 Å². The first kappa shape index (κ1) is 25.6. The summed E-state index contributed by atoms with van der Waals surface area (Å²) in [6.45, 7) is -2.29. The summed E-state index contributed by atoms with van der Waals surface area (Å²) in [5.74, 6) is -1.02. The molecule has 11 nitrogen and oxygen atoms in total. The summed E-state index contributed by atoms with van der Waals surface area (Å²) in [6, 6.07) is 5.64. The van der Waals surface area contributed by atoms with Crippen LogP contribution in [0.5, 0.6) is 28.7 Å². The zero-order valence-corrected chi connectivity index (χ0v) is 18.3. The van der Waals surface area contributed by atoms with E-state index in [9.17, 15) is 24.6 Å². The number of benzene rings is 2. The Labute approximate surface area is 189 Å². The van der Waals surface area contributed by atoms with Crippen molar-refractivity contribution in [3.8, 4) is 28.7 Å². The summed E-state index contributed by atoms with van der Waals surface area (Å²) in [6.07, 6.45) is 0.533. The lowest BCUT2D eigenvalue weighted by atomic mass is 10.1. The minimum absolute atomic E-state index is 0.00687. The molecule has 0 atom stereocenters. The van der Waals surface area contributed by atoms with Gasteiger partial charge in [0.05, 0.1) is 34.5 Å². The first-order valence-electron chi connectivity index (χ1n) is 9.52. The van der Waals surface area contributed by atoms with E-state index >= 15 is 0 Å². The molecule has 0 bridgehead atoms. The number of carbonyl (C=O) groups excluding carboxylic acids is 3. The van der Waals surface area contributed by atoms with E-state index in [-0.39, 0.29) is 39.7 Å². The van der Waals surface area contributed by atoms with Gasteiger partial charge in [0, 0.05) is 28.8 Å². The topological polar surface area (TPSA) is 147 Å². The number of carbonyl (C=O) groups is 3. The van der Waals surface area contributed by atoms with Crippen LogP contribution < -0.4 is 23.7 Å². The largest absolute Gasteiger partial charge is 0.496 e. The van der Waals surface area contributed by atoms with E-state index in [1.54, 1.807) is 0 Å². The number of aliphatic hydroxyl groups excluding tert-OH is 2. The van der Waals surface area contributed by atoms with Crippen LogP contribution in [0.2, 0.25) is 0 Å². The van der Waals surface area contributed by atoms with E-state index in [2.05, 4.69) is 0 Å². The summed E-state index contributed by atoms with van der Waals surface area (Å²) in [7, 11) is 4.21. The number of aldehydes is 1. The number of hydrogen-bond donors (Lipinski definition) is 2. The standard InChI is InChI=1S/C22H24O11/c1-28-16-6-17(29-2)22(18(7-16)30-3)33-20(27)12-31-11-19(26)32-21-14(9-24)4-13(8-23)5-15(21)10-25/h4-8,24-25H,9-12H2,1-3H3. The number of esters is 2. The van der Waals surface area contributed by atoms with E-state index < -0.39 is 38.4 Å². The third-order valence-corrected chi connectivity index (χ3v) is 4.28. The van der Waals surface area contributed by atoms with Gasteiger partial charge in [0.2, 0.25) is 5.75 Å². The van der Waals surface area contributed by atoms with Crippen LogP contribution in [0, 0.1) is 0 Å². The molecule has 0 saturated carbocycles. The number of ether oxygens (including phenoxy) is 6. The Kier molecular flexibility index (Phi) is 9.61. The molecule has 0 aliphatic heterocycles. The molecule has 0 unspecified atom stereocenters. The van der Waals surface area contributed by atoms with Gasteiger partial charge in [-0.1, -0.05) is 0 Å². The third kappa shape index (κ3) is 6.65. The van der Waals surface area contributed by atoms with Gasteiger partial charge in [0.1, 0.15) is 31.0 Å². The number of rotatable bonds is 12. The Hall–Kier alpha value is -3.67. The van der Waals surface area contributed by atoms with E-state index in [1.807, 2.05) is 0 Å². The molecule has 0 aliphatic carbocycles. The molecular formula is C22H24O11. The van der Waals surface area contributed by atoms with Gasteiger partial charge in [-0.15, -0.1) is 0 Å². The second-order valence-electron chi connectivity index (χ2n) is 6.40. The summed E-state index contributed by atoms with van der Waals surface area (Å²) in [5, 5.41) is 18.9. The molecular weight excluding hydrogens is 440 g/mol.